The second kappa shape index (κ2) is 6.02. The zero-order chi connectivity index (χ0) is 17.5. The van der Waals surface area contributed by atoms with Gasteiger partial charge >= 0.3 is 0 Å². The zero-order valence-corrected chi connectivity index (χ0v) is 13.9. The average molecular weight is 353 g/mol. The van der Waals surface area contributed by atoms with Crippen molar-refractivity contribution in [3.05, 3.63) is 52.8 Å². The summed E-state index contributed by atoms with van der Waals surface area (Å²) >= 11 is 5.80. The molecule has 1 saturated carbocycles. The summed E-state index contributed by atoms with van der Waals surface area (Å²) in [5.74, 6) is -2.47. The van der Waals surface area contributed by atoms with Gasteiger partial charge in [-0.25, -0.2) is 13.8 Å². The van der Waals surface area contributed by atoms with Crippen LogP contribution < -0.4 is 9.64 Å². The first-order chi connectivity index (χ1) is 11.3. The molecule has 1 aromatic heterocycles. The first kappa shape index (κ1) is 16.6. The first-order valence-electron chi connectivity index (χ1n) is 7.38. The molecule has 0 spiro atoms. The van der Waals surface area contributed by atoms with E-state index in [1.165, 1.54) is 18.0 Å². The Kier molecular flexibility index (Phi) is 4.17. The third-order valence-electron chi connectivity index (χ3n) is 3.91. The van der Waals surface area contributed by atoms with E-state index in [0.29, 0.717) is 0 Å². The van der Waals surface area contributed by atoms with Gasteiger partial charge in [0.1, 0.15) is 22.2 Å². The summed E-state index contributed by atoms with van der Waals surface area (Å²) < 4.78 is 33.1. The minimum atomic E-state index is -1.06. The van der Waals surface area contributed by atoms with Crippen molar-refractivity contribution in [1.29, 1.82) is 0 Å². The lowest BCUT2D eigenvalue weighted by Gasteiger charge is -2.23. The number of pyridine rings is 1. The van der Waals surface area contributed by atoms with Crippen LogP contribution in [0, 0.1) is 11.6 Å². The van der Waals surface area contributed by atoms with Gasteiger partial charge in [-0.1, -0.05) is 17.7 Å². The van der Waals surface area contributed by atoms with Crippen LogP contribution in [0.3, 0.4) is 0 Å². The van der Waals surface area contributed by atoms with Crippen molar-refractivity contribution < 1.29 is 18.3 Å². The molecule has 2 aromatic rings. The summed E-state index contributed by atoms with van der Waals surface area (Å²) in [5, 5.41) is 0.168. The lowest BCUT2D eigenvalue weighted by molar-refractivity contribution is 0.0986. The number of carbonyl (C=O) groups is 1. The highest BCUT2D eigenvalue weighted by molar-refractivity contribution is 6.29. The quantitative estimate of drug-likeness (QED) is 0.774. The van der Waals surface area contributed by atoms with Crippen LogP contribution in [0.1, 0.15) is 30.3 Å². The fraction of sp³-hybridized carbons (Fsp3) is 0.294. The van der Waals surface area contributed by atoms with E-state index >= 15 is 0 Å². The van der Waals surface area contributed by atoms with E-state index in [-0.39, 0.29) is 22.3 Å². The Morgan fingerprint density at radius 2 is 1.96 bits per heavy atom. The van der Waals surface area contributed by atoms with E-state index in [4.69, 9.17) is 16.3 Å². The molecule has 1 aliphatic carbocycles. The van der Waals surface area contributed by atoms with E-state index in [2.05, 4.69) is 4.98 Å². The van der Waals surface area contributed by atoms with Crippen LogP contribution in [0.2, 0.25) is 5.15 Å². The minimum absolute atomic E-state index is 0.0957. The highest BCUT2D eigenvalue weighted by Gasteiger charge is 2.41. The van der Waals surface area contributed by atoms with Gasteiger partial charge in [-0.2, -0.15) is 0 Å². The van der Waals surface area contributed by atoms with Crippen molar-refractivity contribution >= 4 is 23.2 Å². The van der Waals surface area contributed by atoms with Gasteiger partial charge in [0.25, 0.3) is 5.91 Å². The van der Waals surface area contributed by atoms with Crippen LogP contribution in [-0.2, 0) is 0 Å². The van der Waals surface area contributed by atoms with Gasteiger partial charge in [-0.15, -0.1) is 0 Å². The SMILES string of the molecule is CN(C(=O)c1cccc(Cl)n1)c1cc(F)c(F)cc1OC1(C)CC1. The van der Waals surface area contributed by atoms with Gasteiger partial charge in [-0.3, -0.25) is 4.79 Å². The molecule has 3 rings (SSSR count). The summed E-state index contributed by atoms with van der Waals surface area (Å²) in [7, 11) is 1.44. The van der Waals surface area contributed by atoms with E-state index in [0.717, 1.165) is 25.0 Å². The molecule has 7 heteroatoms. The lowest BCUT2D eigenvalue weighted by Crippen LogP contribution is -2.28. The Bertz CT molecular complexity index is 809. The molecule has 4 nitrogen and oxygen atoms in total. The fourth-order valence-electron chi connectivity index (χ4n) is 2.21. The average Bonchev–Trinajstić information content (AvgIpc) is 3.26. The summed E-state index contributed by atoms with van der Waals surface area (Å²) in [5.41, 5.74) is -0.177. The van der Waals surface area contributed by atoms with Crippen molar-refractivity contribution in [3.63, 3.8) is 0 Å². The molecule has 0 unspecified atom stereocenters. The molecule has 0 radical (unpaired) electrons. The highest BCUT2D eigenvalue weighted by atomic mass is 35.5. The second-order valence-corrected chi connectivity index (χ2v) is 6.38. The Balaban J connectivity index is 1.97. The lowest BCUT2D eigenvalue weighted by atomic mass is 10.2. The van der Waals surface area contributed by atoms with Crippen molar-refractivity contribution in [2.24, 2.45) is 0 Å². The van der Waals surface area contributed by atoms with Gasteiger partial charge in [0.2, 0.25) is 0 Å². The van der Waals surface area contributed by atoms with Crippen molar-refractivity contribution in [3.8, 4) is 5.75 Å². The minimum Gasteiger partial charge on any atom is -0.485 e. The molecule has 1 amide bonds. The predicted molar refractivity (Wildman–Crippen MR) is 86.6 cm³/mol. The van der Waals surface area contributed by atoms with E-state index < -0.39 is 23.1 Å². The molecular weight excluding hydrogens is 338 g/mol. The van der Waals surface area contributed by atoms with Gasteiger partial charge in [-0.05, 0) is 31.9 Å². The first-order valence-corrected chi connectivity index (χ1v) is 7.75. The number of nitrogens with zero attached hydrogens (tertiary/aromatic N) is 2. The highest BCUT2D eigenvalue weighted by Crippen LogP contribution is 2.43. The Labute approximate surface area is 143 Å². The van der Waals surface area contributed by atoms with Crippen molar-refractivity contribution in [2.75, 3.05) is 11.9 Å². The topological polar surface area (TPSA) is 42.4 Å². The Hall–Kier alpha value is -2.21. The summed E-state index contributed by atoms with van der Waals surface area (Å²) in [6.07, 6.45) is 1.64. The maximum Gasteiger partial charge on any atom is 0.276 e. The zero-order valence-electron chi connectivity index (χ0n) is 13.1. The monoisotopic (exact) mass is 352 g/mol. The molecule has 24 heavy (non-hydrogen) atoms. The normalized spacial score (nSPS) is 15.0. The number of anilines is 1. The maximum atomic E-state index is 13.7. The summed E-state index contributed by atoms with van der Waals surface area (Å²) in [4.78, 5) is 17.7. The van der Waals surface area contributed by atoms with Gasteiger partial charge in [0.05, 0.1) is 5.69 Å². The third-order valence-corrected chi connectivity index (χ3v) is 4.12. The molecule has 1 aromatic carbocycles. The number of halogens is 3. The van der Waals surface area contributed by atoms with Crippen LogP contribution in [0.25, 0.3) is 0 Å². The van der Waals surface area contributed by atoms with E-state index in [1.807, 2.05) is 6.92 Å². The standard InChI is InChI=1S/C17H15ClF2N2O2/c1-17(6-7-17)24-14-9-11(20)10(19)8-13(14)22(2)16(23)12-4-3-5-15(18)21-12/h3-5,8-9H,6-7H2,1-2H3. The van der Waals surface area contributed by atoms with E-state index in [9.17, 15) is 13.6 Å². The van der Waals surface area contributed by atoms with Crippen LogP contribution in [0.4, 0.5) is 14.5 Å². The Morgan fingerprint density at radius 1 is 1.29 bits per heavy atom. The largest absolute Gasteiger partial charge is 0.485 e. The molecule has 126 valence electrons. The van der Waals surface area contributed by atoms with Crippen LogP contribution >= 0.6 is 11.6 Å². The van der Waals surface area contributed by atoms with Crippen LogP contribution in [0.5, 0.6) is 5.75 Å². The fourth-order valence-corrected chi connectivity index (χ4v) is 2.38. The van der Waals surface area contributed by atoms with E-state index in [1.54, 1.807) is 12.1 Å². The number of hydrogen-bond donors (Lipinski definition) is 0. The van der Waals surface area contributed by atoms with Crippen molar-refractivity contribution in [2.45, 2.75) is 25.4 Å². The number of aromatic nitrogens is 1. The number of carbonyl (C=O) groups excluding carboxylic acids is 1. The summed E-state index contributed by atoms with van der Waals surface area (Å²) in [6, 6.07) is 6.53. The Morgan fingerprint density at radius 3 is 2.58 bits per heavy atom. The number of benzene rings is 1. The number of rotatable bonds is 4. The van der Waals surface area contributed by atoms with Gasteiger partial charge < -0.3 is 9.64 Å². The molecule has 1 fully saturated rings. The smallest absolute Gasteiger partial charge is 0.276 e. The third kappa shape index (κ3) is 3.33. The molecule has 0 bridgehead atoms. The van der Waals surface area contributed by atoms with Crippen LogP contribution in [0.15, 0.2) is 30.3 Å². The summed E-state index contributed by atoms with van der Waals surface area (Å²) in [6.45, 7) is 1.87. The van der Waals surface area contributed by atoms with Crippen molar-refractivity contribution in [1.82, 2.24) is 4.98 Å². The number of hydrogen-bond acceptors (Lipinski definition) is 3. The molecule has 0 saturated heterocycles. The molecule has 1 heterocycles. The second-order valence-electron chi connectivity index (χ2n) is 6.00. The van der Waals surface area contributed by atoms with Gasteiger partial charge in [0.15, 0.2) is 11.6 Å². The molecule has 0 atom stereocenters. The molecule has 0 N–H and O–H groups in total. The molecule has 0 aliphatic heterocycles. The van der Waals surface area contributed by atoms with Gasteiger partial charge in [0, 0.05) is 19.2 Å². The number of ether oxygens (including phenoxy) is 1. The molecular formula is C17H15ClF2N2O2. The predicted octanol–water partition coefficient (Wildman–Crippen LogP) is 4.22. The molecule has 1 aliphatic rings. The van der Waals surface area contributed by atoms with Crippen LogP contribution in [-0.4, -0.2) is 23.5 Å². The maximum absolute atomic E-state index is 13.7. The number of amides is 1.